The summed E-state index contributed by atoms with van der Waals surface area (Å²) in [6.07, 6.45) is 1.73. The molecule has 2 aromatic heterocycles. The van der Waals surface area contributed by atoms with Gasteiger partial charge in [0.05, 0.1) is 11.9 Å². The maximum Gasteiger partial charge on any atom is 0.231 e. The molecular weight excluding hydrogens is 424 g/mol. The van der Waals surface area contributed by atoms with Gasteiger partial charge in [0.25, 0.3) is 0 Å². The molecule has 0 saturated carbocycles. The number of rotatable bonds is 5. The smallest absolute Gasteiger partial charge is 0.231 e. The topological polar surface area (TPSA) is 101 Å². The van der Waals surface area contributed by atoms with Crippen LogP contribution in [0.2, 0.25) is 0 Å². The molecule has 0 fully saturated rings. The highest BCUT2D eigenvalue weighted by molar-refractivity contribution is 9.10. The average Bonchev–Trinajstić information content (AvgIpc) is 3.45. The van der Waals surface area contributed by atoms with E-state index in [1.807, 2.05) is 42.5 Å². The Morgan fingerprint density at radius 2 is 2.00 bits per heavy atom. The summed E-state index contributed by atoms with van der Waals surface area (Å²) in [4.78, 5) is 4.59. The minimum Gasteiger partial charge on any atom is -0.454 e. The monoisotopic (exact) mass is 438 g/mol. The second kappa shape index (κ2) is 7.01. The number of hydrogen-bond donors (Lipinski definition) is 3. The van der Waals surface area contributed by atoms with Crippen LogP contribution in [0, 0.1) is 0 Å². The Hall–Kier alpha value is -3.33. The van der Waals surface area contributed by atoms with Crippen molar-refractivity contribution in [2.45, 2.75) is 6.54 Å². The highest BCUT2D eigenvalue weighted by Gasteiger charge is 2.15. The normalized spacial score (nSPS) is 12.3. The Bertz CT molecular complexity index is 1140. The molecule has 0 amide bonds. The fourth-order valence-electron chi connectivity index (χ4n) is 2.98. The molecule has 1 aliphatic rings. The molecule has 5 rings (SSSR count). The molecule has 4 aromatic rings. The second-order valence-corrected chi connectivity index (χ2v) is 7.13. The Kier molecular flexibility index (Phi) is 4.21. The van der Waals surface area contributed by atoms with E-state index in [4.69, 9.17) is 9.47 Å². The molecule has 3 heterocycles. The van der Waals surface area contributed by atoms with Gasteiger partial charge in [-0.1, -0.05) is 34.1 Å². The van der Waals surface area contributed by atoms with Crippen molar-refractivity contribution in [2.24, 2.45) is 0 Å². The molecule has 8 nitrogen and oxygen atoms in total. The molecule has 2 aromatic carbocycles. The molecule has 0 unspecified atom stereocenters. The summed E-state index contributed by atoms with van der Waals surface area (Å²) >= 11 is 3.47. The van der Waals surface area contributed by atoms with Crippen LogP contribution in [-0.2, 0) is 6.54 Å². The van der Waals surface area contributed by atoms with Gasteiger partial charge < -0.3 is 14.8 Å². The number of H-pyrrole nitrogens is 2. The first kappa shape index (κ1) is 16.8. The van der Waals surface area contributed by atoms with E-state index in [1.54, 1.807) is 6.20 Å². The van der Waals surface area contributed by atoms with Crippen LogP contribution in [0.3, 0.4) is 0 Å². The first-order valence-electron chi connectivity index (χ1n) is 8.61. The Morgan fingerprint density at radius 1 is 1.07 bits per heavy atom. The van der Waals surface area contributed by atoms with Crippen LogP contribution in [0.15, 0.2) is 53.1 Å². The summed E-state index contributed by atoms with van der Waals surface area (Å²) in [5, 5.41) is 17.8. The quantitative estimate of drug-likeness (QED) is 0.435. The predicted octanol–water partition coefficient (Wildman–Crippen LogP) is 3.97. The zero-order chi connectivity index (χ0) is 18.9. The van der Waals surface area contributed by atoms with Gasteiger partial charge in [-0.15, -0.1) is 0 Å². The molecule has 0 atom stereocenters. The van der Waals surface area contributed by atoms with E-state index in [-0.39, 0.29) is 6.79 Å². The van der Waals surface area contributed by atoms with Gasteiger partial charge in [0.15, 0.2) is 23.1 Å². The van der Waals surface area contributed by atoms with Crippen LogP contribution < -0.4 is 14.8 Å². The van der Waals surface area contributed by atoms with Crippen LogP contribution in [0.5, 0.6) is 11.5 Å². The van der Waals surface area contributed by atoms with Crippen LogP contribution in [0.4, 0.5) is 5.69 Å². The van der Waals surface area contributed by atoms with Gasteiger partial charge in [-0.25, -0.2) is 4.98 Å². The van der Waals surface area contributed by atoms with E-state index in [0.29, 0.717) is 18.2 Å². The number of aromatic amines is 2. The van der Waals surface area contributed by atoms with Crippen molar-refractivity contribution >= 4 is 21.6 Å². The summed E-state index contributed by atoms with van der Waals surface area (Å²) in [5.41, 5.74) is 3.57. The van der Waals surface area contributed by atoms with E-state index in [0.717, 1.165) is 38.5 Å². The summed E-state index contributed by atoms with van der Waals surface area (Å²) in [5.74, 6) is 2.77. The van der Waals surface area contributed by atoms with Crippen molar-refractivity contribution in [1.29, 1.82) is 0 Å². The predicted molar refractivity (Wildman–Crippen MR) is 107 cm³/mol. The van der Waals surface area contributed by atoms with Crippen molar-refractivity contribution in [1.82, 2.24) is 25.4 Å². The number of nitrogens with zero attached hydrogens (tertiary/aromatic N) is 3. The minimum atomic E-state index is 0.268. The number of ether oxygens (including phenoxy) is 2. The summed E-state index contributed by atoms with van der Waals surface area (Å²) in [7, 11) is 0. The van der Waals surface area contributed by atoms with Gasteiger partial charge in [-0.05, 0) is 29.8 Å². The van der Waals surface area contributed by atoms with E-state index >= 15 is 0 Å². The van der Waals surface area contributed by atoms with Gasteiger partial charge in [-0.2, -0.15) is 10.2 Å². The molecule has 0 aliphatic carbocycles. The molecule has 140 valence electrons. The summed E-state index contributed by atoms with van der Waals surface area (Å²) in [6, 6.07) is 13.7. The van der Waals surface area contributed by atoms with Gasteiger partial charge in [0.2, 0.25) is 6.79 Å². The highest BCUT2D eigenvalue weighted by Crippen LogP contribution is 2.33. The molecule has 0 saturated heterocycles. The molecule has 9 heteroatoms. The van der Waals surface area contributed by atoms with Crippen molar-refractivity contribution in [2.75, 3.05) is 12.1 Å². The van der Waals surface area contributed by atoms with Crippen LogP contribution >= 0.6 is 15.9 Å². The Balaban J connectivity index is 1.35. The van der Waals surface area contributed by atoms with E-state index < -0.39 is 0 Å². The molecule has 28 heavy (non-hydrogen) atoms. The maximum absolute atomic E-state index is 5.43. The van der Waals surface area contributed by atoms with Crippen molar-refractivity contribution in [3.8, 4) is 34.4 Å². The van der Waals surface area contributed by atoms with E-state index in [1.165, 1.54) is 0 Å². The Morgan fingerprint density at radius 3 is 2.93 bits per heavy atom. The van der Waals surface area contributed by atoms with Crippen molar-refractivity contribution in [3.63, 3.8) is 0 Å². The van der Waals surface area contributed by atoms with Crippen LogP contribution in [0.25, 0.3) is 22.9 Å². The number of halogens is 1. The lowest BCUT2D eigenvalue weighted by Gasteiger charge is -2.06. The number of aromatic nitrogens is 5. The zero-order valence-corrected chi connectivity index (χ0v) is 16.2. The molecule has 0 radical (unpaired) electrons. The number of fused-ring (bicyclic) bond motifs is 1. The highest BCUT2D eigenvalue weighted by atomic mass is 79.9. The lowest BCUT2D eigenvalue weighted by atomic mass is 10.2. The number of hydrogen-bond acceptors (Lipinski definition) is 6. The third kappa shape index (κ3) is 3.20. The second-order valence-electron chi connectivity index (χ2n) is 6.22. The maximum atomic E-state index is 5.43. The fraction of sp³-hybridized carbons (Fsp3) is 0.105. The molecule has 1 aliphatic heterocycles. The lowest BCUT2D eigenvalue weighted by molar-refractivity contribution is 0.174. The van der Waals surface area contributed by atoms with Gasteiger partial charge >= 0.3 is 0 Å². The van der Waals surface area contributed by atoms with Gasteiger partial charge in [-0.3, -0.25) is 10.2 Å². The van der Waals surface area contributed by atoms with Crippen molar-refractivity contribution in [3.05, 3.63) is 58.7 Å². The largest absolute Gasteiger partial charge is 0.454 e. The average molecular weight is 439 g/mol. The van der Waals surface area contributed by atoms with Gasteiger partial charge in [0, 0.05) is 16.6 Å². The molecule has 0 bridgehead atoms. The number of anilines is 1. The molecule has 3 N–H and O–H groups in total. The SMILES string of the molecule is Brc1cccc(-c2n[nH]c(-c3[nH]ncc3NCc3ccc4c(c3)OCO4)n2)c1. The lowest BCUT2D eigenvalue weighted by Crippen LogP contribution is -2.00. The third-order valence-electron chi connectivity index (χ3n) is 4.36. The van der Waals surface area contributed by atoms with E-state index in [9.17, 15) is 0 Å². The molecule has 0 spiro atoms. The third-order valence-corrected chi connectivity index (χ3v) is 4.86. The van der Waals surface area contributed by atoms with E-state index in [2.05, 4.69) is 46.6 Å². The number of nitrogens with one attached hydrogen (secondary N) is 3. The standard InChI is InChI=1S/C19H15BrN6O2/c20-13-3-1-2-12(7-13)18-23-19(26-25-18)17-14(9-22-24-17)21-8-11-4-5-15-16(6-11)28-10-27-15/h1-7,9,21H,8,10H2,(H,22,24)(H,23,25,26). The zero-order valence-electron chi connectivity index (χ0n) is 14.6. The van der Waals surface area contributed by atoms with Crippen LogP contribution in [-0.4, -0.2) is 32.2 Å². The van der Waals surface area contributed by atoms with Crippen LogP contribution in [0.1, 0.15) is 5.56 Å². The first-order valence-corrected chi connectivity index (χ1v) is 9.40. The summed E-state index contributed by atoms with van der Waals surface area (Å²) in [6.45, 7) is 0.875. The Labute approximate surface area is 168 Å². The number of benzene rings is 2. The van der Waals surface area contributed by atoms with Gasteiger partial charge in [0.1, 0.15) is 5.69 Å². The molecular formula is C19H15BrN6O2. The minimum absolute atomic E-state index is 0.268. The summed E-state index contributed by atoms with van der Waals surface area (Å²) < 4.78 is 11.8. The van der Waals surface area contributed by atoms with Crippen molar-refractivity contribution < 1.29 is 9.47 Å². The fourth-order valence-corrected chi connectivity index (χ4v) is 3.38. The first-order chi connectivity index (χ1) is 13.8.